The molecular weight excluding hydrogens is 322 g/mol. The highest BCUT2D eigenvalue weighted by molar-refractivity contribution is 7.90. The third kappa shape index (κ3) is 2.34. The zero-order chi connectivity index (χ0) is 17.8. The summed E-state index contributed by atoms with van der Waals surface area (Å²) in [5.74, 6) is 0.0887. The van der Waals surface area contributed by atoms with Gasteiger partial charge in [-0.3, -0.25) is 4.79 Å². The lowest BCUT2D eigenvalue weighted by molar-refractivity contribution is 0.0918. The molecule has 0 amide bonds. The van der Waals surface area contributed by atoms with Crippen LogP contribution in [0, 0.1) is 25.7 Å². The van der Waals surface area contributed by atoms with E-state index in [0.717, 1.165) is 11.1 Å². The molecule has 2 aromatic rings. The number of fused-ring (bicyclic) bond motifs is 1. The van der Waals surface area contributed by atoms with Gasteiger partial charge in [0, 0.05) is 11.6 Å². The first kappa shape index (κ1) is 17.0. The first-order chi connectivity index (χ1) is 11.2. The van der Waals surface area contributed by atoms with Crippen molar-refractivity contribution < 1.29 is 13.2 Å². The number of nitrogens with zero attached hydrogens (tertiary/aromatic N) is 1. The van der Waals surface area contributed by atoms with E-state index in [2.05, 4.69) is 13.8 Å². The molecule has 2 atom stereocenters. The van der Waals surface area contributed by atoms with E-state index in [9.17, 15) is 13.2 Å². The molecule has 4 nitrogen and oxygen atoms in total. The lowest BCUT2D eigenvalue weighted by Gasteiger charge is -2.19. The Morgan fingerprint density at radius 1 is 1.08 bits per heavy atom. The van der Waals surface area contributed by atoms with E-state index in [4.69, 9.17) is 0 Å². The van der Waals surface area contributed by atoms with Gasteiger partial charge in [0.15, 0.2) is 5.78 Å². The molecule has 0 fully saturated rings. The summed E-state index contributed by atoms with van der Waals surface area (Å²) in [5.41, 5.74) is 2.80. The Hall–Kier alpha value is -1.88. The van der Waals surface area contributed by atoms with Crippen molar-refractivity contribution >= 4 is 15.8 Å². The van der Waals surface area contributed by atoms with Gasteiger partial charge in [-0.15, -0.1) is 0 Å². The number of Topliss-reactive ketones (excluding diaryl/α,β-unsaturated/α-hetero) is 1. The summed E-state index contributed by atoms with van der Waals surface area (Å²) < 4.78 is 27.5. The van der Waals surface area contributed by atoms with Crippen molar-refractivity contribution in [1.82, 2.24) is 3.97 Å². The Kier molecular flexibility index (Phi) is 3.95. The summed E-state index contributed by atoms with van der Waals surface area (Å²) in [6.07, 6.45) is 0. The second-order valence-corrected chi connectivity index (χ2v) is 8.88. The molecule has 0 saturated carbocycles. The van der Waals surface area contributed by atoms with E-state index in [1.807, 2.05) is 19.9 Å². The minimum Gasteiger partial charge on any atom is -0.292 e. The summed E-state index contributed by atoms with van der Waals surface area (Å²) in [7, 11) is -3.78. The number of hydrogen-bond acceptors (Lipinski definition) is 3. The highest BCUT2D eigenvalue weighted by Crippen LogP contribution is 2.44. The number of carbonyl (C=O) groups excluding carboxylic acids is 1. The van der Waals surface area contributed by atoms with Gasteiger partial charge in [0.05, 0.1) is 4.90 Å². The average Bonchev–Trinajstić information content (AvgIpc) is 2.94. The molecule has 5 heteroatoms. The molecule has 0 N–H and O–H groups in total. The topological polar surface area (TPSA) is 56.1 Å². The van der Waals surface area contributed by atoms with Gasteiger partial charge in [-0.05, 0) is 49.4 Å². The number of benzene rings is 1. The van der Waals surface area contributed by atoms with E-state index >= 15 is 0 Å². The van der Waals surface area contributed by atoms with Crippen molar-refractivity contribution in [2.24, 2.45) is 11.8 Å². The maximum atomic E-state index is 13.1. The molecule has 0 bridgehead atoms. The number of aromatic nitrogens is 1. The fourth-order valence-corrected chi connectivity index (χ4v) is 5.41. The van der Waals surface area contributed by atoms with Crippen molar-refractivity contribution in [1.29, 1.82) is 0 Å². The molecule has 128 valence electrons. The third-order valence-electron chi connectivity index (χ3n) is 4.98. The van der Waals surface area contributed by atoms with Gasteiger partial charge >= 0.3 is 0 Å². The Morgan fingerprint density at radius 3 is 2.21 bits per heavy atom. The second kappa shape index (κ2) is 5.59. The normalized spacial score (nSPS) is 20.7. The zero-order valence-electron chi connectivity index (χ0n) is 14.7. The predicted octanol–water partition coefficient (Wildman–Crippen LogP) is 3.91. The number of hydrogen-bond donors (Lipinski definition) is 0. The molecule has 1 heterocycles. The summed E-state index contributed by atoms with van der Waals surface area (Å²) in [4.78, 5) is 13.0. The summed E-state index contributed by atoms with van der Waals surface area (Å²) in [6, 6.07) is 8.60. The highest BCUT2D eigenvalue weighted by atomic mass is 32.2. The SMILES string of the molecule is Cc1ccc(S(=O)(=O)n2c(C)cc3c2C(=O)[C@@H](C)[C@@H]3C(C)C)cc1. The maximum absolute atomic E-state index is 13.1. The van der Waals surface area contributed by atoms with Gasteiger partial charge in [-0.1, -0.05) is 38.5 Å². The average molecular weight is 345 g/mol. The highest BCUT2D eigenvalue weighted by Gasteiger charge is 2.43. The second-order valence-electron chi connectivity index (χ2n) is 7.09. The van der Waals surface area contributed by atoms with Crippen molar-refractivity contribution in [2.45, 2.75) is 45.4 Å². The van der Waals surface area contributed by atoms with Crippen LogP contribution in [0.1, 0.15) is 54.0 Å². The van der Waals surface area contributed by atoms with Gasteiger partial charge in [0.25, 0.3) is 10.0 Å². The third-order valence-corrected chi connectivity index (χ3v) is 6.80. The largest absolute Gasteiger partial charge is 0.292 e. The number of rotatable bonds is 3. The minimum absolute atomic E-state index is 0.0701. The lowest BCUT2D eigenvalue weighted by Crippen LogP contribution is -2.21. The van der Waals surface area contributed by atoms with Crippen LogP contribution in [0.3, 0.4) is 0 Å². The summed E-state index contributed by atoms with van der Waals surface area (Å²) >= 11 is 0. The van der Waals surface area contributed by atoms with Crippen LogP contribution in [0.25, 0.3) is 0 Å². The van der Waals surface area contributed by atoms with Gasteiger partial charge in [0.1, 0.15) is 5.69 Å². The molecule has 1 aromatic heterocycles. The van der Waals surface area contributed by atoms with Crippen LogP contribution in [-0.2, 0) is 10.0 Å². The first-order valence-corrected chi connectivity index (χ1v) is 9.69. The Morgan fingerprint density at radius 2 is 1.67 bits per heavy atom. The Bertz CT molecular complexity index is 905. The molecular formula is C19H23NO3S. The van der Waals surface area contributed by atoms with Crippen molar-refractivity contribution in [3.63, 3.8) is 0 Å². The molecule has 1 aliphatic rings. The smallest absolute Gasteiger partial charge is 0.268 e. The molecule has 0 saturated heterocycles. The standard InChI is InChI=1S/C19H23NO3S/c1-11(2)17-14(5)19(21)18-16(17)10-13(4)20(18)24(22,23)15-8-6-12(3)7-9-15/h6-11,14,17H,1-5H3/t14-,17-/m0/s1. The Labute approximate surface area is 143 Å². The molecule has 1 aliphatic carbocycles. The van der Waals surface area contributed by atoms with Gasteiger partial charge in [-0.2, -0.15) is 0 Å². The van der Waals surface area contributed by atoms with Crippen molar-refractivity contribution in [3.8, 4) is 0 Å². The fraction of sp³-hybridized carbons (Fsp3) is 0.421. The van der Waals surface area contributed by atoms with Crippen LogP contribution < -0.4 is 0 Å². The number of carbonyl (C=O) groups is 1. The minimum atomic E-state index is -3.78. The quantitative estimate of drug-likeness (QED) is 0.847. The van der Waals surface area contributed by atoms with E-state index in [1.54, 1.807) is 31.2 Å². The van der Waals surface area contributed by atoms with E-state index in [0.29, 0.717) is 11.4 Å². The maximum Gasteiger partial charge on any atom is 0.268 e. The van der Waals surface area contributed by atoms with Gasteiger partial charge < -0.3 is 0 Å². The fourth-order valence-electron chi connectivity index (χ4n) is 3.85. The van der Waals surface area contributed by atoms with Crippen molar-refractivity contribution in [3.05, 3.63) is 52.8 Å². The molecule has 0 spiro atoms. The van der Waals surface area contributed by atoms with Gasteiger partial charge in [0.2, 0.25) is 0 Å². The van der Waals surface area contributed by atoms with E-state index < -0.39 is 10.0 Å². The van der Waals surface area contributed by atoms with Crippen molar-refractivity contribution in [2.75, 3.05) is 0 Å². The zero-order valence-corrected chi connectivity index (χ0v) is 15.5. The van der Waals surface area contributed by atoms with Crippen LogP contribution in [0.2, 0.25) is 0 Å². The number of ketones is 1. The van der Waals surface area contributed by atoms with Crippen LogP contribution in [-0.4, -0.2) is 18.2 Å². The Balaban J connectivity index is 2.23. The van der Waals surface area contributed by atoms with Crippen LogP contribution in [0.5, 0.6) is 0 Å². The monoisotopic (exact) mass is 345 g/mol. The lowest BCUT2D eigenvalue weighted by atomic mass is 9.84. The van der Waals surface area contributed by atoms with Gasteiger partial charge in [-0.25, -0.2) is 12.4 Å². The first-order valence-electron chi connectivity index (χ1n) is 8.25. The molecule has 0 radical (unpaired) electrons. The van der Waals surface area contributed by atoms with Crippen LogP contribution >= 0.6 is 0 Å². The summed E-state index contributed by atoms with van der Waals surface area (Å²) in [6.45, 7) is 9.70. The van der Waals surface area contributed by atoms with Crippen LogP contribution in [0.4, 0.5) is 0 Å². The predicted molar refractivity (Wildman–Crippen MR) is 94.0 cm³/mol. The molecule has 3 rings (SSSR count). The number of aryl methyl sites for hydroxylation is 2. The van der Waals surface area contributed by atoms with E-state index in [1.165, 1.54) is 3.97 Å². The molecule has 0 aliphatic heterocycles. The molecule has 0 unspecified atom stereocenters. The summed E-state index contributed by atoms with van der Waals surface area (Å²) in [5, 5.41) is 0. The van der Waals surface area contributed by atoms with Crippen LogP contribution in [0.15, 0.2) is 35.2 Å². The molecule has 24 heavy (non-hydrogen) atoms. The van der Waals surface area contributed by atoms with E-state index in [-0.39, 0.29) is 28.4 Å². The molecule has 1 aromatic carbocycles.